The number of hydrogen-bond donors (Lipinski definition) is 2. The molecule has 5 nitrogen and oxygen atoms in total. The quantitative estimate of drug-likeness (QED) is 0.763. The van der Waals surface area contributed by atoms with Gasteiger partial charge in [0.15, 0.2) is 0 Å². The fraction of sp³-hybridized carbons (Fsp3) is 0.353. The summed E-state index contributed by atoms with van der Waals surface area (Å²) in [6, 6.07) is 7.35. The Balaban J connectivity index is 2.06. The average Bonchev–Trinajstić information content (AvgIpc) is 2.51. The van der Waals surface area contributed by atoms with Crippen LogP contribution < -0.4 is 10.6 Å². The van der Waals surface area contributed by atoms with Crippen LogP contribution in [0.3, 0.4) is 0 Å². The number of carbonyl (C=O) groups is 1. The Labute approximate surface area is 135 Å². The van der Waals surface area contributed by atoms with Crippen molar-refractivity contribution in [3.8, 4) is 0 Å². The van der Waals surface area contributed by atoms with Gasteiger partial charge >= 0.3 is 0 Å². The molecule has 0 aliphatic heterocycles. The maximum atomic E-state index is 13.2. The molecule has 0 aliphatic carbocycles. The van der Waals surface area contributed by atoms with Crippen molar-refractivity contribution in [1.29, 1.82) is 0 Å². The highest BCUT2D eigenvalue weighted by Crippen LogP contribution is 2.12. The molecule has 1 amide bonds. The lowest BCUT2D eigenvalue weighted by Crippen LogP contribution is -2.16. The summed E-state index contributed by atoms with van der Waals surface area (Å²) in [5.74, 6) is -0.358. The molecule has 23 heavy (non-hydrogen) atoms. The van der Waals surface area contributed by atoms with Gasteiger partial charge in [0.2, 0.25) is 5.95 Å². The second kappa shape index (κ2) is 8.22. The lowest BCUT2D eigenvalue weighted by molar-refractivity contribution is 0.102. The summed E-state index contributed by atoms with van der Waals surface area (Å²) in [6.07, 6.45) is 3.29. The molecule has 0 radical (unpaired) electrons. The molecule has 0 saturated carbocycles. The molecule has 6 heteroatoms. The molecule has 0 atom stereocenters. The number of nitrogens with zero attached hydrogens (tertiary/aromatic N) is 2. The van der Waals surface area contributed by atoms with Crippen molar-refractivity contribution in [2.24, 2.45) is 0 Å². The maximum absolute atomic E-state index is 13.2. The monoisotopic (exact) mass is 316 g/mol. The van der Waals surface area contributed by atoms with E-state index in [2.05, 4.69) is 27.5 Å². The minimum atomic E-state index is -0.403. The Bertz CT molecular complexity index is 675. The third-order valence-electron chi connectivity index (χ3n) is 3.23. The summed E-state index contributed by atoms with van der Waals surface area (Å²) in [6.45, 7) is 4.71. The summed E-state index contributed by atoms with van der Waals surface area (Å²) in [4.78, 5) is 20.7. The summed E-state index contributed by atoms with van der Waals surface area (Å²) in [5, 5.41) is 5.76. The van der Waals surface area contributed by atoms with Gasteiger partial charge in [-0.2, -0.15) is 0 Å². The highest BCUT2D eigenvalue weighted by Gasteiger charge is 2.11. The fourth-order valence-electron chi connectivity index (χ4n) is 2.10. The van der Waals surface area contributed by atoms with Crippen LogP contribution in [0, 0.1) is 12.7 Å². The van der Waals surface area contributed by atoms with Crippen molar-refractivity contribution in [3.63, 3.8) is 0 Å². The molecular formula is C17H21FN4O. The van der Waals surface area contributed by atoms with Gasteiger partial charge in [-0.3, -0.25) is 4.79 Å². The third-order valence-corrected chi connectivity index (χ3v) is 3.23. The van der Waals surface area contributed by atoms with Gasteiger partial charge in [0.1, 0.15) is 11.5 Å². The minimum absolute atomic E-state index is 0.250. The predicted molar refractivity (Wildman–Crippen MR) is 89.1 cm³/mol. The summed E-state index contributed by atoms with van der Waals surface area (Å²) in [7, 11) is 0. The molecular weight excluding hydrogens is 295 g/mol. The van der Waals surface area contributed by atoms with Gasteiger partial charge in [-0.15, -0.1) is 0 Å². The second-order valence-electron chi connectivity index (χ2n) is 5.32. The normalized spacial score (nSPS) is 10.4. The first kappa shape index (κ1) is 16.9. The van der Waals surface area contributed by atoms with Crippen LogP contribution in [-0.2, 0) is 0 Å². The number of carbonyl (C=O) groups excluding carboxylic acids is 1. The number of hydrogen-bond acceptors (Lipinski definition) is 4. The Hall–Kier alpha value is -2.50. The molecule has 0 spiro atoms. The van der Waals surface area contributed by atoms with Crippen molar-refractivity contribution in [3.05, 3.63) is 47.5 Å². The molecule has 0 bridgehead atoms. The molecule has 2 rings (SSSR count). The van der Waals surface area contributed by atoms with E-state index in [9.17, 15) is 9.18 Å². The van der Waals surface area contributed by atoms with E-state index >= 15 is 0 Å². The predicted octanol–water partition coefficient (Wildman–Crippen LogP) is 3.78. The molecule has 2 aromatic rings. The number of anilines is 2. The number of rotatable bonds is 7. The molecule has 0 fully saturated rings. The molecule has 0 saturated heterocycles. The number of amides is 1. The smallest absolute Gasteiger partial charge is 0.274 e. The van der Waals surface area contributed by atoms with Crippen LogP contribution in [0.5, 0.6) is 0 Å². The standard InChI is InChI=1S/C17H21FN4O/c1-3-4-5-9-19-17-20-12(2)10-15(22-17)16(23)21-14-8-6-7-13(18)11-14/h6-8,10-11H,3-5,9H2,1-2H3,(H,21,23)(H,19,20,22). The molecule has 0 unspecified atom stereocenters. The zero-order valence-corrected chi connectivity index (χ0v) is 13.4. The minimum Gasteiger partial charge on any atom is -0.354 e. The van der Waals surface area contributed by atoms with Crippen LogP contribution in [-0.4, -0.2) is 22.4 Å². The largest absolute Gasteiger partial charge is 0.354 e. The van der Waals surface area contributed by atoms with Gasteiger partial charge in [0, 0.05) is 17.9 Å². The second-order valence-corrected chi connectivity index (χ2v) is 5.32. The first-order valence-electron chi connectivity index (χ1n) is 7.75. The van der Waals surface area contributed by atoms with Crippen LogP contribution in [0.15, 0.2) is 30.3 Å². The number of nitrogens with one attached hydrogen (secondary N) is 2. The van der Waals surface area contributed by atoms with E-state index in [1.165, 1.54) is 18.2 Å². The molecule has 2 N–H and O–H groups in total. The van der Waals surface area contributed by atoms with Crippen LogP contribution in [0.4, 0.5) is 16.0 Å². The van der Waals surface area contributed by atoms with E-state index in [1.807, 2.05) is 0 Å². The Morgan fingerprint density at radius 3 is 2.78 bits per heavy atom. The van der Waals surface area contributed by atoms with Crippen LogP contribution in [0.25, 0.3) is 0 Å². The fourth-order valence-corrected chi connectivity index (χ4v) is 2.10. The van der Waals surface area contributed by atoms with Crippen molar-refractivity contribution < 1.29 is 9.18 Å². The summed E-state index contributed by atoms with van der Waals surface area (Å²) < 4.78 is 13.2. The van der Waals surface area contributed by atoms with E-state index < -0.39 is 11.7 Å². The lowest BCUT2D eigenvalue weighted by atomic mass is 10.2. The molecule has 0 aliphatic rings. The Morgan fingerprint density at radius 2 is 2.04 bits per heavy atom. The van der Waals surface area contributed by atoms with Gasteiger partial charge in [0.05, 0.1) is 0 Å². The number of aromatic nitrogens is 2. The van der Waals surface area contributed by atoms with Crippen molar-refractivity contribution in [1.82, 2.24) is 9.97 Å². The zero-order valence-electron chi connectivity index (χ0n) is 13.4. The van der Waals surface area contributed by atoms with Crippen LogP contribution in [0.2, 0.25) is 0 Å². The number of unbranched alkanes of at least 4 members (excludes halogenated alkanes) is 2. The van der Waals surface area contributed by atoms with Gasteiger partial charge in [-0.1, -0.05) is 25.8 Å². The van der Waals surface area contributed by atoms with Crippen molar-refractivity contribution in [2.75, 3.05) is 17.2 Å². The molecule has 1 aromatic heterocycles. The van der Waals surface area contributed by atoms with E-state index in [0.29, 0.717) is 17.3 Å². The maximum Gasteiger partial charge on any atom is 0.274 e. The van der Waals surface area contributed by atoms with Crippen LogP contribution in [0.1, 0.15) is 42.4 Å². The van der Waals surface area contributed by atoms with Gasteiger partial charge in [0.25, 0.3) is 5.91 Å². The first-order chi connectivity index (χ1) is 11.1. The first-order valence-corrected chi connectivity index (χ1v) is 7.75. The topological polar surface area (TPSA) is 66.9 Å². The third kappa shape index (κ3) is 5.32. The summed E-state index contributed by atoms with van der Waals surface area (Å²) in [5.41, 5.74) is 1.34. The van der Waals surface area contributed by atoms with E-state index in [-0.39, 0.29) is 5.69 Å². The van der Waals surface area contributed by atoms with Gasteiger partial charge in [-0.25, -0.2) is 14.4 Å². The molecule has 1 heterocycles. The SMILES string of the molecule is CCCCCNc1nc(C)cc(C(=O)Nc2cccc(F)c2)n1. The van der Waals surface area contributed by atoms with Gasteiger partial charge in [-0.05, 0) is 37.6 Å². The zero-order chi connectivity index (χ0) is 16.7. The summed E-state index contributed by atoms with van der Waals surface area (Å²) >= 11 is 0. The highest BCUT2D eigenvalue weighted by atomic mass is 19.1. The van der Waals surface area contributed by atoms with Gasteiger partial charge < -0.3 is 10.6 Å². The van der Waals surface area contributed by atoms with E-state index in [1.54, 1.807) is 19.1 Å². The molecule has 122 valence electrons. The van der Waals surface area contributed by atoms with E-state index in [4.69, 9.17) is 0 Å². The Morgan fingerprint density at radius 1 is 1.22 bits per heavy atom. The number of aryl methyl sites for hydroxylation is 1. The number of benzene rings is 1. The van der Waals surface area contributed by atoms with E-state index in [0.717, 1.165) is 25.8 Å². The number of halogens is 1. The van der Waals surface area contributed by atoms with Crippen molar-refractivity contribution >= 4 is 17.5 Å². The Kier molecular flexibility index (Phi) is 6.02. The average molecular weight is 316 g/mol. The lowest BCUT2D eigenvalue weighted by Gasteiger charge is -2.09. The molecule has 1 aromatic carbocycles. The highest BCUT2D eigenvalue weighted by molar-refractivity contribution is 6.03. The van der Waals surface area contributed by atoms with Crippen LogP contribution >= 0.6 is 0 Å². The van der Waals surface area contributed by atoms with Crippen molar-refractivity contribution in [2.45, 2.75) is 33.1 Å².